The Morgan fingerprint density at radius 1 is 1.39 bits per heavy atom. The van der Waals surface area contributed by atoms with Crippen molar-refractivity contribution in [3.05, 3.63) is 29.8 Å². The summed E-state index contributed by atoms with van der Waals surface area (Å²) in [6.45, 7) is -0.549. The van der Waals surface area contributed by atoms with E-state index in [4.69, 9.17) is 20.3 Å². The Morgan fingerprint density at radius 2 is 2.04 bits per heavy atom. The Balaban J connectivity index is 2.84. The van der Waals surface area contributed by atoms with Crippen LogP contribution in [0.5, 0.6) is 5.75 Å². The van der Waals surface area contributed by atoms with Gasteiger partial charge in [-0.3, -0.25) is 4.57 Å². The van der Waals surface area contributed by atoms with Crippen LogP contribution in [0.2, 0.25) is 0 Å². The number of nitrogens with zero attached hydrogens (tertiary/aromatic N) is 1. The molecule has 0 bridgehead atoms. The van der Waals surface area contributed by atoms with Crippen LogP contribution in [0.3, 0.4) is 0 Å². The average molecular weight is 355 g/mol. The molecule has 0 radical (unpaired) electrons. The zero-order valence-corrected chi connectivity index (χ0v) is 12.3. The number of amides is 2. The molecular weight excluding hydrogens is 342 g/mol. The summed E-state index contributed by atoms with van der Waals surface area (Å²) in [5.41, 5.74) is 5.28. The van der Waals surface area contributed by atoms with Gasteiger partial charge in [0.25, 0.3) is 0 Å². The number of carbonyl (C=O) groups excluding carboxylic acids is 1. The van der Waals surface area contributed by atoms with Crippen LogP contribution in [-0.2, 0) is 10.7 Å². The number of hydrazone groups is 1. The van der Waals surface area contributed by atoms with Gasteiger partial charge in [-0.2, -0.15) is 18.3 Å². The summed E-state index contributed by atoms with van der Waals surface area (Å²) in [5, 5.41) is 3.35. The van der Waals surface area contributed by atoms with Crippen molar-refractivity contribution in [1.29, 1.82) is 0 Å². The van der Waals surface area contributed by atoms with Crippen LogP contribution in [0.15, 0.2) is 29.4 Å². The number of carbonyl (C=O) groups is 1. The highest BCUT2D eigenvalue weighted by Crippen LogP contribution is 2.34. The van der Waals surface area contributed by atoms with Gasteiger partial charge in [0.2, 0.25) is 0 Å². The fourth-order valence-corrected chi connectivity index (χ4v) is 2.05. The van der Waals surface area contributed by atoms with Gasteiger partial charge >= 0.3 is 19.8 Å². The molecule has 0 atom stereocenters. The molecule has 0 aliphatic heterocycles. The lowest BCUT2D eigenvalue weighted by atomic mass is 10.2. The molecule has 2 amide bonds. The monoisotopic (exact) mass is 355 g/mol. The molecule has 12 heteroatoms. The quantitative estimate of drug-likeness (QED) is 0.346. The minimum absolute atomic E-state index is 0.183. The van der Waals surface area contributed by atoms with Crippen LogP contribution in [0, 0.1) is 0 Å². The highest BCUT2D eigenvalue weighted by molar-refractivity contribution is 7.52. The second-order valence-electron chi connectivity index (χ2n) is 4.29. The Kier molecular flexibility index (Phi) is 6.13. The standard InChI is InChI=1S/C11H13F3N3O5P/c12-11(13,14)7-2-1-3-9(4-7)22-5-8(6-23(19,20)21)16-17-10(15)18/h1-4H,5-6H2,(H3,15,17,18)(H2,19,20,21). The van der Waals surface area contributed by atoms with Gasteiger partial charge in [-0.1, -0.05) is 6.07 Å². The van der Waals surface area contributed by atoms with Gasteiger partial charge in [0.15, 0.2) is 0 Å². The fraction of sp³-hybridized carbons (Fsp3) is 0.273. The Morgan fingerprint density at radius 3 is 2.57 bits per heavy atom. The second-order valence-corrected chi connectivity index (χ2v) is 5.94. The van der Waals surface area contributed by atoms with E-state index in [1.807, 2.05) is 0 Å². The van der Waals surface area contributed by atoms with Crippen LogP contribution in [-0.4, -0.2) is 34.3 Å². The van der Waals surface area contributed by atoms with E-state index >= 15 is 0 Å². The number of rotatable bonds is 6. The van der Waals surface area contributed by atoms with Crippen molar-refractivity contribution in [2.75, 3.05) is 12.8 Å². The predicted octanol–water partition coefficient (Wildman–Crippen LogP) is 1.29. The molecule has 1 rings (SSSR count). The highest BCUT2D eigenvalue weighted by Gasteiger charge is 2.30. The molecule has 0 aliphatic rings. The first kappa shape index (κ1) is 18.9. The van der Waals surface area contributed by atoms with E-state index in [1.54, 1.807) is 5.43 Å². The summed E-state index contributed by atoms with van der Waals surface area (Å²) in [4.78, 5) is 28.3. The molecule has 0 aliphatic carbocycles. The maximum absolute atomic E-state index is 12.6. The van der Waals surface area contributed by atoms with Gasteiger partial charge < -0.3 is 20.3 Å². The molecule has 1 aromatic carbocycles. The van der Waals surface area contributed by atoms with Crippen LogP contribution in [0.1, 0.15) is 5.56 Å². The number of ether oxygens (including phenoxy) is 1. The third-order valence-electron chi connectivity index (χ3n) is 2.28. The molecule has 0 saturated heterocycles. The first-order chi connectivity index (χ1) is 10.5. The summed E-state index contributed by atoms with van der Waals surface area (Å²) in [6.07, 6.45) is -5.41. The number of nitrogens with two attached hydrogens (primary N) is 1. The molecule has 128 valence electrons. The van der Waals surface area contributed by atoms with Crippen molar-refractivity contribution in [2.45, 2.75) is 6.18 Å². The Labute approximate surface area is 128 Å². The van der Waals surface area contributed by atoms with E-state index in [0.717, 1.165) is 18.2 Å². The predicted molar refractivity (Wildman–Crippen MR) is 74.0 cm³/mol. The number of nitrogens with one attached hydrogen (secondary N) is 1. The lowest BCUT2D eigenvalue weighted by Crippen LogP contribution is -2.28. The third kappa shape index (κ3) is 7.63. The summed E-state index contributed by atoms with van der Waals surface area (Å²) in [6, 6.07) is 2.82. The van der Waals surface area contributed by atoms with Gasteiger partial charge in [-0.15, -0.1) is 0 Å². The molecule has 0 heterocycles. The van der Waals surface area contributed by atoms with Crippen molar-refractivity contribution >= 4 is 19.3 Å². The zero-order valence-electron chi connectivity index (χ0n) is 11.4. The summed E-state index contributed by atoms with van der Waals surface area (Å²) in [7, 11) is -4.52. The molecular formula is C11H13F3N3O5P. The molecule has 0 unspecified atom stereocenters. The first-order valence-electron chi connectivity index (χ1n) is 5.93. The van der Waals surface area contributed by atoms with E-state index in [2.05, 4.69) is 5.10 Å². The lowest BCUT2D eigenvalue weighted by molar-refractivity contribution is -0.137. The maximum Gasteiger partial charge on any atom is 0.416 e. The van der Waals surface area contributed by atoms with E-state index in [0.29, 0.717) is 0 Å². The molecule has 0 spiro atoms. The molecule has 1 aromatic rings. The van der Waals surface area contributed by atoms with E-state index < -0.39 is 38.1 Å². The van der Waals surface area contributed by atoms with Gasteiger partial charge in [-0.25, -0.2) is 10.2 Å². The maximum atomic E-state index is 12.6. The molecule has 0 saturated carbocycles. The molecule has 0 fully saturated rings. The number of benzene rings is 1. The third-order valence-corrected chi connectivity index (χ3v) is 3.06. The number of urea groups is 1. The lowest BCUT2D eigenvalue weighted by Gasteiger charge is -2.12. The van der Waals surface area contributed by atoms with Crippen molar-refractivity contribution < 1.29 is 37.1 Å². The SMILES string of the molecule is NC(=O)NN=C(COc1cccc(C(F)(F)F)c1)CP(=O)(O)O. The fourth-order valence-electron chi connectivity index (χ4n) is 1.41. The minimum Gasteiger partial charge on any atom is -0.488 e. The number of hydrogen-bond donors (Lipinski definition) is 4. The first-order valence-corrected chi connectivity index (χ1v) is 7.72. The van der Waals surface area contributed by atoms with Crippen LogP contribution >= 0.6 is 7.60 Å². The van der Waals surface area contributed by atoms with Crippen LogP contribution < -0.4 is 15.9 Å². The van der Waals surface area contributed by atoms with Crippen molar-refractivity contribution in [2.24, 2.45) is 10.8 Å². The van der Waals surface area contributed by atoms with Crippen molar-refractivity contribution in [1.82, 2.24) is 5.43 Å². The van der Waals surface area contributed by atoms with Gasteiger partial charge in [-0.05, 0) is 18.2 Å². The smallest absolute Gasteiger partial charge is 0.416 e. The average Bonchev–Trinajstić information content (AvgIpc) is 2.40. The number of hydrogen-bond acceptors (Lipinski definition) is 4. The summed E-state index contributed by atoms with van der Waals surface area (Å²) >= 11 is 0. The van der Waals surface area contributed by atoms with E-state index in [9.17, 15) is 22.5 Å². The van der Waals surface area contributed by atoms with Crippen LogP contribution in [0.25, 0.3) is 0 Å². The van der Waals surface area contributed by atoms with Crippen molar-refractivity contribution in [3.8, 4) is 5.75 Å². The molecule has 8 nitrogen and oxygen atoms in total. The number of halogens is 3. The largest absolute Gasteiger partial charge is 0.488 e. The Bertz CT molecular complexity index is 644. The second kappa shape index (κ2) is 7.44. The van der Waals surface area contributed by atoms with Crippen LogP contribution in [0.4, 0.5) is 18.0 Å². The van der Waals surface area contributed by atoms with Crippen molar-refractivity contribution in [3.63, 3.8) is 0 Å². The topological polar surface area (TPSA) is 134 Å². The van der Waals surface area contributed by atoms with Gasteiger partial charge in [0.05, 0.1) is 17.4 Å². The molecule has 23 heavy (non-hydrogen) atoms. The number of alkyl halides is 3. The highest BCUT2D eigenvalue weighted by atomic mass is 31.2. The van der Waals surface area contributed by atoms with Gasteiger partial charge in [0, 0.05) is 0 Å². The van der Waals surface area contributed by atoms with Gasteiger partial charge in [0.1, 0.15) is 12.4 Å². The molecule has 5 N–H and O–H groups in total. The molecule has 0 aromatic heterocycles. The number of primary amides is 1. The van der Waals surface area contributed by atoms with E-state index in [1.165, 1.54) is 6.07 Å². The summed E-state index contributed by atoms with van der Waals surface area (Å²) < 4.78 is 53.6. The Hall–Kier alpha value is -2.10. The zero-order chi connectivity index (χ0) is 17.7. The van der Waals surface area contributed by atoms with E-state index in [-0.39, 0.29) is 11.5 Å². The minimum atomic E-state index is -4.56. The summed E-state index contributed by atoms with van der Waals surface area (Å²) in [5.74, 6) is -0.183. The normalized spacial score (nSPS) is 12.8.